The monoisotopic (exact) mass is 233 g/mol. The van der Waals surface area contributed by atoms with Gasteiger partial charge in [0.15, 0.2) is 0 Å². The first-order valence-corrected chi connectivity index (χ1v) is 6.60. The summed E-state index contributed by atoms with van der Waals surface area (Å²) in [5.74, 6) is 1.08. The number of aryl methyl sites for hydroxylation is 2. The number of hydrogen-bond donors (Lipinski definition) is 0. The van der Waals surface area contributed by atoms with Gasteiger partial charge in [-0.25, -0.2) is 9.78 Å². The van der Waals surface area contributed by atoms with E-state index in [2.05, 4.69) is 4.98 Å². The molecule has 0 amide bonds. The fourth-order valence-electron chi connectivity index (χ4n) is 2.45. The van der Waals surface area contributed by atoms with E-state index < -0.39 is 0 Å². The third kappa shape index (κ3) is 1.13. The van der Waals surface area contributed by atoms with Crippen LogP contribution in [0.3, 0.4) is 0 Å². The molecule has 0 radical (unpaired) electrons. The van der Waals surface area contributed by atoms with Crippen LogP contribution in [0.25, 0.3) is 10.2 Å². The predicted molar refractivity (Wildman–Crippen MR) is 62.2 cm³/mol. The molecule has 3 nitrogen and oxygen atoms in total. The highest BCUT2D eigenvalue weighted by Crippen LogP contribution is 2.40. The van der Waals surface area contributed by atoms with Gasteiger partial charge >= 0.3 is 5.63 Å². The van der Waals surface area contributed by atoms with Crippen molar-refractivity contribution < 1.29 is 4.42 Å². The predicted octanol–water partition coefficient (Wildman–Crippen LogP) is 2.62. The molecule has 0 bridgehead atoms. The Hall–Kier alpha value is -1.16. The smallest absolute Gasteiger partial charge is 0.348 e. The van der Waals surface area contributed by atoms with Crippen LogP contribution < -0.4 is 5.63 Å². The van der Waals surface area contributed by atoms with E-state index in [1.165, 1.54) is 16.9 Å². The Morgan fingerprint density at radius 1 is 1.31 bits per heavy atom. The van der Waals surface area contributed by atoms with Gasteiger partial charge in [-0.1, -0.05) is 0 Å². The molecular weight excluding hydrogens is 222 g/mol. The molecule has 1 fully saturated rings. The van der Waals surface area contributed by atoms with Crippen molar-refractivity contribution in [2.45, 2.75) is 38.0 Å². The Morgan fingerprint density at radius 3 is 3.00 bits per heavy atom. The molecule has 0 spiro atoms. The van der Waals surface area contributed by atoms with Crippen LogP contribution in [0.5, 0.6) is 0 Å². The highest BCUT2D eigenvalue weighted by Gasteiger charge is 2.30. The van der Waals surface area contributed by atoms with E-state index in [-0.39, 0.29) is 5.63 Å². The van der Waals surface area contributed by atoms with Crippen molar-refractivity contribution in [2.24, 2.45) is 0 Å². The lowest BCUT2D eigenvalue weighted by Crippen LogP contribution is -2.04. The van der Waals surface area contributed by atoms with Crippen molar-refractivity contribution in [1.29, 1.82) is 0 Å². The van der Waals surface area contributed by atoms with Crippen LogP contribution >= 0.6 is 11.3 Å². The van der Waals surface area contributed by atoms with Gasteiger partial charge in [0, 0.05) is 10.8 Å². The second-order valence-corrected chi connectivity index (χ2v) is 5.73. The molecule has 1 saturated carbocycles. The van der Waals surface area contributed by atoms with Gasteiger partial charge in [-0.05, 0) is 37.7 Å². The quantitative estimate of drug-likeness (QED) is 0.760. The first-order valence-electron chi connectivity index (χ1n) is 5.78. The molecule has 2 aliphatic rings. The average molecular weight is 233 g/mol. The van der Waals surface area contributed by atoms with Crippen molar-refractivity contribution in [3.63, 3.8) is 0 Å². The summed E-state index contributed by atoms with van der Waals surface area (Å²) in [5, 5.41) is 0.766. The normalized spacial score (nSPS) is 19.2. The molecule has 0 aliphatic heterocycles. The second kappa shape index (κ2) is 2.94. The van der Waals surface area contributed by atoms with Crippen LogP contribution in [0.15, 0.2) is 9.21 Å². The molecular formula is C12H11NO2S. The van der Waals surface area contributed by atoms with Crippen LogP contribution in [-0.2, 0) is 12.8 Å². The number of rotatable bonds is 1. The Morgan fingerprint density at radius 2 is 2.19 bits per heavy atom. The number of thiophene rings is 1. The Kier molecular flexibility index (Phi) is 1.64. The standard InChI is InChI=1S/C12H11NO2S/c14-12-9-7-2-1-3-8(7)16-11(9)13-10(15-12)6-4-5-6/h6H,1-5H2. The minimum Gasteiger partial charge on any atom is -0.408 e. The van der Waals surface area contributed by atoms with Crippen molar-refractivity contribution in [1.82, 2.24) is 4.98 Å². The maximum atomic E-state index is 12.0. The lowest BCUT2D eigenvalue weighted by molar-refractivity contribution is 0.446. The van der Waals surface area contributed by atoms with Crippen molar-refractivity contribution >= 4 is 21.6 Å². The molecule has 2 heterocycles. The molecule has 0 atom stereocenters. The van der Waals surface area contributed by atoms with Gasteiger partial charge in [-0.2, -0.15) is 0 Å². The Bertz CT molecular complexity index is 636. The molecule has 4 heteroatoms. The summed E-state index contributed by atoms with van der Waals surface area (Å²) >= 11 is 1.69. The Balaban J connectivity index is 2.05. The van der Waals surface area contributed by atoms with Gasteiger partial charge in [0.25, 0.3) is 0 Å². The molecule has 16 heavy (non-hydrogen) atoms. The topological polar surface area (TPSA) is 43.1 Å². The summed E-state index contributed by atoms with van der Waals surface area (Å²) in [6.07, 6.45) is 5.53. The van der Waals surface area contributed by atoms with Crippen LogP contribution in [0.4, 0.5) is 0 Å². The van der Waals surface area contributed by atoms with E-state index in [0.717, 1.165) is 35.9 Å². The summed E-state index contributed by atoms with van der Waals surface area (Å²) in [6, 6.07) is 0. The van der Waals surface area contributed by atoms with E-state index in [0.29, 0.717) is 11.8 Å². The van der Waals surface area contributed by atoms with Crippen LogP contribution in [0, 0.1) is 0 Å². The largest absolute Gasteiger partial charge is 0.408 e. The third-order valence-electron chi connectivity index (χ3n) is 3.44. The van der Waals surface area contributed by atoms with E-state index in [4.69, 9.17) is 4.42 Å². The first kappa shape index (κ1) is 8.93. The molecule has 0 N–H and O–H groups in total. The molecule has 2 aliphatic carbocycles. The van der Waals surface area contributed by atoms with Crippen LogP contribution in [0.2, 0.25) is 0 Å². The van der Waals surface area contributed by atoms with Gasteiger partial charge in [0.1, 0.15) is 10.2 Å². The molecule has 2 aromatic heterocycles. The second-order valence-electron chi connectivity index (χ2n) is 4.65. The zero-order chi connectivity index (χ0) is 10.7. The number of fused-ring (bicyclic) bond motifs is 3. The minimum atomic E-state index is -0.161. The zero-order valence-electron chi connectivity index (χ0n) is 8.78. The lowest BCUT2D eigenvalue weighted by Gasteiger charge is -1.96. The lowest BCUT2D eigenvalue weighted by atomic mass is 10.2. The van der Waals surface area contributed by atoms with E-state index in [1.54, 1.807) is 11.3 Å². The van der Waals surface area contributed by atoms with E-state index >= 15 is 0 Å². The third-order valence-corrected chi connectivity index (χ3v) is 4.63. The van der Waals surface area contributed by atoms with Gasteiger partial charge in [-0.3, -0.25) is 0 Å². The summed E-state index contributed by atoms with van der Waals surface area (Å²) in [4.78, 5) is 18.7. The van der Waals surface area contributed by atoms with Crippen LogP contribution in [0.1, 0.15) is 41.5 Å². The molecule has 82 valence electrons. The van der Waals surface area contributed by atoms with Crippen LogP contribution in [-0.4, -0.2) is 4.98 Å². The maximum absolute atomic E-state index is 12.0. The number of hydrogen-bond acceptors (Lipinski definition) is 4. The molecule has 0 aromatic carbocycles. The van der Waals surface area contributed by atoms with Crippen molar-refractivity contribution in [2.75, 3.05) is 0 Å². The van der Waals surface area contributed by atoms with E-state index in [9.17, 15) is 4.79 Å². The number of aromatic nitrogens is 1. The summed E-state index contributed by atoms with van der Waals surface area (Å²) in [5.41, 5.74) is 1.05. The van der Waals surface area contributed by atoms with Crippen molar-refractivity contribution in [3.8, 4) is 0 Å². The van der Waals surface area contributed by atoms with Crippen molar-refractivity contribution in [3.05, 3.63) is 26.8 Å². The maximum Gasteiger partial charge on any atom is 0.348 e. The van der Waals surface area contributed by atoms with Gasteiger partial charge in [0.05, 0.1) is 0 Å². The fraction of sp³-hybridized carbons (Fsp3) is 0.500. The summed E-state index contributed by atoms with van der Waals surface area (Å²) < 4.78 is 5.34. The molecule has 0 unspecified atom stereocenters. The zero-order valence-corrected chi connectivity index (χ0v) is 9.60. The Labute approximate surface area is 96.1 Å². The number of nitrogens with zero attached hydrogens (tertiary/aromatic N) is 1. The van der Waals surface area contributed by atoms with Gasteiger partial charge in [-0.15, -0.1) is 11.3 Å². The van der Waals surface area contributed by atoms with Gasteiger partial charge in [0.2, 0.25) is 5.89 Å². The highest BCUT2D eigenvalue weighted by molar-refractivity contribution is 7.18. The van der Waals surface area contributed by atoms with Gasteiger partial charge < -0.3 is 4.42 Å². The first-order chi connectivity index (χ1) is 7.83. The summed E-state index contributed by atoms with van der Waals surface area (Å²) in [7, 11) is 0. The highest BCUT2D eigenvalue weighted by atomic mass is 32.1. The minimum absolute atomic E-state index is 0.161. The van der Waals surface area contributed by atoms with E-state index in [1.807, 2.05) is 0 Å². The SMILES string of the molecule is O=c1oc(C2CC2)nc2sc3c(c12)CCC3. The molecule has 2 aromatic rings. The average Bonchev–Trinajstić information content (AvgIpc) is 2.90. The fourth-order valence-corrected chi connectivity index (χ4v) is 3.70. The molecule has 0 saturated heterocycles. The molecule has 4 rings (SSSR count). The summed E-state index contributed by atoms with van der Waals surface area (Å²) in [6.45, 7) is 0.